The molecule has 1 aromatic carbocycles. The molecule has 1 N–H and O–H groups in total. The second kappa shape index (κ2) is 6.61. The predicted octanol–water partition coefficient (Wildman–Crippen LogP) is 4.42. The van der Waals surface area contributed by atoms with Crippen LogP contribution >= 0.6 is 0 Å². The fraction of sp³-hybridized carbons (Fsp3) is 0.500. The van der Waals surface area contributed by atoms with Gasteiger partial charge in [0.05, 0.1) is 5.60 Å². The second-order valence-corrected chi connectivity index (χ2v) is 5.01. The van der Waals surface area contributed by atoms with Crippen LogP contribution in [-0.4, -0.2) is 5.11 Å². The van der Waals surface area contributed by atoms with Gasteiger partial charge in [-0.1, -0.05) is 61.7 Å². The number of hydrogen-bond donors (Lipinski definition) is 1. The summed E-state index contributed by atoms with van der Waals surface area (Å²) in [6.07, 6.45) is 6.53. The SMILES string of the molecule is CCCC/C=C(/C)CC(C)(O)c1ccccc1. The summed E-state index contributed by atoms with van der Waals surface area (Å²) in [5, 5.41) is 10.5. The van der Waals surface area contributed by atoms with Gasteiger partial charge in [-0.3, -0.25) is 0 Å². The maximum absolute atomic E-state index is 10.5. The van der Waals surface area contributed by atoms with Crippen LogP contribution in [0.3, 0.4) is 0 Å². The first-order chi connectivity index (χ1) is 8.06. The Morgan fingerprint density at radius 3 is 2.53 bits per heavy atom. The molecule has 0 aromatic heterocycles. The van der Waals surface area contributed by atoms with Gasteiger partial charge in [-0.05, 0) is 25.8 Å². The standard InChI is InChI=1S/C16H24O/c1-4-5-7-10-14(2)13-16(3,17)15-11-8-6-9-12-15/h6,8-12,17H,4-5,7,13H2,1-3H3/b14-10-. The van der Waals surface area contributed by atoms with Crippen molar-refractivity contribution in [1.29, 1.82) is 0 Å². The van der Waals surface area contributed by atoms with E-state index in [1.54, 1.807) is 0 Å². The van der Waals surface area contributed by atoms with Crippen molar-refractivity contribution in [2.24, 2.45) is 0 Å². The highest BCUT2D eigenvalue weighted by Gasteiger charge is 2.22. The van der Waals surface area contributed by atoms with Gasteiger partial charge >= 0.3 is 0 Å². The Labute approximate surface area is 105 Å². The van der Waals surface area contributed by atoms with Crippen LogP contribution in [0.25, 0.3) is 0 Å². The largest absolute Gasteiger partial charge is 0.385 e. The van der Waals surface area contributed by atoms with Crippen molar-refractivity contribution >= 4 is 0 Å². The molecule has 0 radical (unpaired) electrons. The zero-order valence-corrected chi connectivity index (χ0v) is 11.2. The zero-order valence-electron chi connectivity index (χ0n) is 11.2. The minimum atomic E-state index is -0.756. The Morgan fingerprint density at radius 1 is 1.29 bits per heavy atom. The number of benzene rings is 1. The van der Waals surface area contributed by atoms with E-state index in [0.717, 1.165) is 12.0 Å². The van der Waals surface area contributed by atoms with E-state index in [1.807, 2.05) is 37.3 Å². The average molecular weight is 232 g/mol. The molecule has 1 aromatic rings. The van der Waals surface area contributed by atoms with Crippen LogP contribution in [0.2, 0.25) is 0 Å². The van der Waals surface area contributed by atoms with Crippen molar-refractivity contribution < 1.29 is 5.11 Å². The minimum Gasteiger partial charge on any atom is -0.385 e. The normalized spacial score (nSPS) is 15.6. The van der Waals surface area contributed by atoms with Gasteiger partial charge < -0.3 is 5.11 Å². The third-order valence-electron chi connectivity index (χ3n) is 3.07. The molecule has 1 nitrogen and oxygen atoms in total. The van der Waals surface area contributed by atoms with Gasteiger partial charge in [-0.25, -0.2) is 0 Å². The Hall–Kier alpha value is -1.08. The second-order valence-electron chi connectivity index (χ2n) is 5.01. The highest BCUT2D eigenvalue weighted by atomic mass is 16.3. The molecule has 0 heterocycles. The molecule has 1 rings (SSSR count). The summed E-state index contributed by atoms with van der Waals surface area (Å²) < 4.78 is 0. The molecule has 0 saturated heterocycles. The summed E-state index contributed by atoms with van der Waals surface area (Å²) in [5.74, 6) is 0. The molecule has 0 aliphatic carbocycles. The van der Waals surface area contributed by atoms with Crippen molar-refractivity contribution in [3.63, 3.8) is 0 Å². The summed E-state index contributed by atoms with van der Waals surface area (Å²) in [7, 11) is 0. The molecule has 94 valence electrons. The number of aliphatic hydroxyl groups is 1. The highest BCUT2D eigenvalue weighted by Crippen LogP contribution is 2.27. The van der Waals surface area contributed by atoms with Crippen LogP contribution in [-0.2, 0) is 5.60 Å². The van der Waals surface area contributed by atoms with Gasteiger partial charge in [0.25, 0.3) is 0 Å². The van der Waals surface area contributed by atoms with Gasteiger partial charge in [-0.15, -0.1) is 0 Å². The molecule has 1 atom stereocenters. The Morgan fingerprint density at radius 2 is 1.94 bits per heavy atom. The fourth-order valence-corrected chi connectivity index (χ4v) is 2.07. The topological polar surface area (TPSA) is 20.2 Å². The summed E-state index contributed by atoms with van der Waals surface area (Å²) in [4.78, 5) is 0. The first kappa shape index (κ1) is 14.0. The first-order valence-electron chi connectivity index (χ1n) is 6.50. The molecule has 0 amide bonds. The van der Waals surface area contributed by atoms with Gasteiger partial charge in [0.2, 0.25) is 0 Å². The zero-order chi connectivity index (χ0) is 12.7. The summed E-state index contributed by atoms with van der Waals surface area (Å²) in [5.41, 5.74) is 1.50. The molecule has 0 spiro atoms. The quantitative estimate of drug-likeness (QED) is 0.568. The lowest BCUT2D eigenvalue weighted by atomic mass is 9.89. The Kier molecular flexibility index (Phi) is 5.43. The van der Waals surface area contributed by atoms with Crippen molar-refractivity contribution in [2.75, 3.05) is 0 Å². The molecule has 0 saturated carbocycles. The van der Waals surface area contributed by atoms with Crippen LogP contribution in [0.15, 0.2) is 42.0 Å². The Balaban J connectivity index is 2.63. The monoisotopic (exact) mass is 232 g/mol. The summed E-state index contributed by atoms with van der Waals surface area (Å²) >= 11 is 0. The Bertz CT molecular complexity index is 349. The van der Waals surface area contributed by atoms with Crippen LogP contribution in [0.1, 0.15) is 52.0 Å². The van der Waals surface area contributed by atoms with E-state index in [1.165, 1.54) is 18.4 Å². The lowest BCUT2D eigenvalue weighted by Crippen LogP contribution is -2.21. The molecule has 0 aliphatic rings. The lowest BCUT2D eigenvalue weighted by molar-refractivity contribution is 0.0576. The molecule has 1 unspecified atom stereocenters. The van der Waals surface area contributed by atoms with Crippen LogP contribution in [0, 0.1) is 0 Å². The highest BCUT2D eigenvalue weighted by molar-refractivity contribution is 5.23. The van der Waals surface area contributed by atoms with Crippen LogP contribution in [0.5, 0.6) is 0 Å². The van der Waals surface area contributed by atoms with Crippen LogP contribution in [0.4, 0.5) is 0 Å². The molecule has 0 bridgehead atoms. The minimum absolute atomic E-state index is 0.709. The smallest absolute Gasteiger partial charge is 0.0905 e. The van der Waals surface area contributed by atoms with Crippen molar-refractivity contribution in [1.82, 2.24) is 0 Å². The summed E-state index contributed by atoms with van der Waals surface area (Å²) in [6, 6.07) is 9.89. The molecule has 1 heteroatoms. The number of rotatable bonds is 6. The average Bonchev–Trinajstić information content (AvgIpc) is 2.30. The number of allylic oxidation sites excluding steroid dienone is 1. The lowest BCUT2D eigenvalue weighted by Gasteiger charge is -2.24. The van der Waals surface area contributed by atoms with E-state index in [0.29, 0.717) is 6.42 Å². The van der Waals surface area contributed by atoms with Crippen molar-refractivity contribution in [2.45, 2.75) is 52.1 Å². The summed E-state index contributed by atoms with van der Waals surface area (Å²) in [6.45, 7) is 6.19. The fourth-order valence-electron chi connectivity index (χ4n) is 2.07. The number of hydrogen-bond acceptors (Lipinski definition) is 1. The van der Waals surface area contributed by atoms with Gasteiger partial charge in [0, 0.05) is 6.42 Å². The predicted molar refractivity (Wildman–Crippen MR) is 73.9 cm³/mol. The maximum atomic E-state index is 10.5. The van der Waals surface area contributed by atoms with E-state index in [9.17, 15) is 5.11 Å². The van der Waals surface area contributed by atoms with Crippen LogP contribution < -0.4 is 0 Å². The van der Waals surface area contributed by atoms with E-state index < -0.39 is 5.60 Å². The van der Waals surface area contributed by atoms with Gasteiger partial charge in [-0.2, -0.15) is 0 Å². The molecular weight excluding hydrogens is 208 g/mol. The van der Waals surface area contributed by atoms with E-state index >= 15 is 0 Å². The molecule has 0 aliphatic heterocycles. The molecule has 17 heavy (non-hydrogen) atoms. The maximum Gasteiger partial charge on any atom is 0.0905 e. The van der Waals surface area contributed by atoms with Gasteiger partial charge in [0.1, 0.15) is 0 Å². The van der Waals surface area contributed by atoms with E-state index in [-0.39, 0.29) is 0 Å². The van der Waals surface area contributed by atoms with Gasteiger partial charge in [0.15, 0.2) is 0 Å². The number of unbranched alkanes of at least 4 members (excludes halogenated alkanes) is 2. The van der Waals surface area contributed by atoms with Crippen molar-refractivity contribution in [3.8, 4) is 0 Å². The third kappa shape index (κ3) is 4.74. The van der Waals surface area contributed by atoms with Crippen molar-refractivity contribution in [3.05, 3.63) is 47.5 Å². The van der Waals surface area contributed by atoms with E-state index in [4.69, 9.17) is 0 Å². The molecule has 0 fully saturated rings. The van der Waals surface area contributed by atoms with E-state index in [2.05, 4.69) is 19.9 Å². The molecular formula is C16H24O. The third-order valence-corrected chi connectivity index (χ3v) is 3.07. The first-order valence-corrected chi connectivity index (χ1v) is 6.50.